The number of aryl methyl sites for hydroxylation is 3. The number of hydrogen-bond donors (Lipinski definition) is 2. The van der Waals surface area contributed by atoms with Crippen molar-refractivity contribution in [3.63, 3.8) is 0 Å². The van der Waals surface area contributed by atoms with Crippen LogP contribution in [0.25, 0.3) is 0 Å². The van der Waals surface area contributed by atoms with Crippen LogP contribution in [0, 0.1) is 20.8 Å². The number of nitrogens with one attached hydrogen (secondary N) is 1. The Kier molecular flexibility index (Phi) is 5.75. The summed E-state index contributed by atoms with van der Waals surface area (Å²) in [6, 6.07) is 3.94. The zero-order valence-electron chi connectivity index (χ0n) is 9.13. The molecular weight excluding hydrogens is 211 g/mol. The van der Waals surface area contributed by atoms with E-state index in [2.05, 4.69) is 5.43 Å². The van der Waals surface area contributed by atoms with Crippen LogP contribution in [-0.4, -0.2) is 5.91 Å². The standard InChI is InChI=1S/C10H14N2O.H2OP/c1-6-4-7(2)9(8(3)5-6)10(13)12-11;1-2/h4-5H,11H2,1-3H3,(H,12,13);2H2/q;+1. The highest BCUT2D eigenvalue weighted by atomic mass is 31.0. The van der Waals surface area contributed by atoms with Gasteiger partial charge in [0.25, 0.3) is 5.91 Å². The van der Waals surface area contributed by atoms with Gasteiger partial charge in [0.05, 0.1) is 0 Å². The van der Waals surface area contributed by atoms with Gasteiger partial charge in [-0.15, -0.1) is 0 Å². The Bertz CT molecular complexity index is 343. The second-order valence-corrected chi connectivity index (χ2v) is 3.25. The molecule has 1 amide bonds. The summed E-state index contributed by atoms with van der Waals surface area (Å²) in [5, 5.41) is 0. The smallest absolute Gasteiger partial charge is 0.290 e. The normalized spacial score (nSPS) is 8.80. The Hall–Kier alpha value is -1.25. The fraction of sp³-hybridized carbons (Fsp3) is 0.300. The molecule has 0 fully saturated rings. The lowest BCUT2D eigenvalue weighted by Gasteiger charge is -2.08. The number of hydrogen-bond acceptors (Lipinski definition) is 3. The summed E-state index contributed by atoms with van der Waals surface area (Å²) in [4.78, 5) is 11.3. The largest absolute Gasteiger partial charge is 0.310 e. The minimum absolute atomic E-state index is 0.227. The second-order valence-electron chi connectivity index (χ2n) is 3.25. The number of benzene rings is 1. The molecule has 0 aliphatic heterocycles. The van der Waals surface area contributed by atoms with Crippen molar-refractivity contribution in [2.75, 3.05) is 0 Å². The van der Waals surface area contributed by atoms with E-state index in [1.54, 1.807) is 0 Å². The van der Waals surface area contributed by atoms with E-state index in [0.29, 0.717) is 5.56 Å². The number of nitrogen functional groups attached to an aromatic ring is 1. The molecule has 0 radical (unpaired) electrons. The first-order chi connectivity index (χ1) is 7.06. The average molecular weight is 227 g/mol. The van der Waals surface area contributed by atoms with Gasteiger partial charge >= 0.3 is 9.12 Å². The third-order valence-corrected chi connectivity index (χ3v) is 2.04. The predicted molar refractivity (Wildman–Crippen MR) is 62.7 cm³/mol. The van der Waals surface area contributed by atoms with E-state index in [9.17, 15) is 4.79 Å². The fourth-order valence-corrected chi connectivity index (χ4v) is 1.61. The third-order valence-electron chi connectivity index (χ3n) is 2.04. The van der Waals surface area contributed by atoms with E-state index in [4.69, 9.17) is 10.4 Å². The molecule has 0 bridgehead atoms. The first-order valence-electron chi connectivity index (χ1n) is 4.38. The first-order valence-corrected chi connectivity index (χ1v) is 4.85. The van der Waals surface area contributed by atoms with Crippen molar-refractivity contribution in [1.29, 1.82) is 0 Å². The molecule has 5 heteroatoms. The van der Waals surface area contributed by atoms with Crippen LogP contribution in [0.4, 0.5) is 0 Å². The van der Waals surface area contributed by atoms with E-state index in [1.165, 1.54) is 9.12 Å². The number of carbonyl (C=O) groups is 1. The topological polar surface area (TPSA) is 72.2 Å². The van der Waals surface area contributed by atoms with Crippen molar-refractivity contribution in [2.45, 2.75) is 20.8 Å². The molecule has 0 aliphatic carbocycles. The van der Waals surface area contributed by atoms with Crippen molar-refractivity contribution < 1.29 is 9.36 Å². The second kappa shape index (κ2) is 6.27. The van der Waals surface area contributed by atoms with Crippen LogP contribution in [-0.2, 0) is 4.57 Å². The summed E-state index contributed by atoms with van der Waals surface area (Å²) < 4.78 is 8.17. The van der Waals surface area contributed by atoms with Crippen LogP contribution in [0.1, 0.15) is 27.0 Å². The fourth-order valence-electron chi connectivity index (χ4n) is 1.61. The molecule has 0 spiro atoms. The molecular formula is C10H16N2O2P+. The van der Waals surface area contributed by atoms with Crippen LogP contribution in [0.3, 0.4) is 0 Å². The van der Waals surface area contributed by atoms with E-state index >= 15 is 0 Å². The van der Waals surface area contributed by atoms with Gasteiger partial charge in [-0.1, -0.05) is 22.3 Å². The highest BCUT2D eigenvalue weighted by Crippen LogP contribution is 2.15. The molecule has 1 aromatic carbocycles. The van der Waals surface area contributed by atoms with Gasteiger partial charge in [0, 0.05) is 5.56 Å². The molecule has 1 aromatic rings. The molecule has 0 aliphatic rings. The van der Waals surface area contributed by atoms with Gasteiger partial charge in [-0.2, -0.15) is 0 Å². The lowest BCUT2D eigenvalue weighted by molar-refractivity contribution is 0.0952. The molecule has 0 saturated heterocycles. The highest BCUT2D eigenvalue weighted by Gasteiger charge is 2.10. The Labute approximate surface area is 91.5 Å². The summed E-state index contributed by atoms with van der Waals surface area (Å²) in [5.74, 6) is 4.85. The minimum Gasteiger partial charge on any atom is -0.290 e. The maximum Gasteiger partial charge on any atom is 0.310 e. The predicted octanol–water partition coefficient (Wildman–Crippen LogP) is 1.42. The molecule has 82 valence electrons. The van der Waals surface area contributed by atoms with Gasteiger partial charge in [-0.3, -0.25) is 10.2 Å². The zero-order valence-corrected chi connectivity index (χ0v) is 10.3. The van der Waals surface area contributed by atoms with Crippen molar-refractivity contribution in [3.8, 4) is 0 Å². The van der Waals surface area contributed by atoms with E-state index in [-0.39, 0.29) is 5.91 Å². The highest BCUT2D eigenvalue weighted by molar-refractivity contribution is 7.00. The SMILES string of the molecule is Cc1cc(C)c(C(=O)NN)c(C)c1.O=[PH2+]. The molecule has 0 saturated carbocycles. The van der Waals surface area contributed by atoms with Crippen LogP contribution >= 0.6 is 9.12 Å². The zero-order chi connectivity index (χ0) is 12.0. The number of carbonyl (C=O) groups excluding carboxylic acids is 1. The summed E-state index contributed by atoms with van der Waals surface area (Å²) in [5.41, 5.74) is 5.89. The lowest BCUT2D eigenvalue weighted by atomic mass is 9.99. The summed E-state index contributed by atoms with van der Waals surface area (Å²) in [6.07, 6.45) is 0. The summed E-state index contributed by atoms with van der Waals surface area (Å²) >= 11 is 0. The summed E-state index contributed by atoms with van der Waals surface area (Å²) in [7, 11) is 1.17. The van der Waals surface area contributed by atoms with Crippen LogP contribution in [0.15, 0.2) is 12.1 Å². The molecule has 1 unspecified atom stereocenters. The van der Waals surface area contributed by atoms with E-state index in [1.807, 2.05) is 32.9 Å². The van der Waals surface area contributed by atoms with E-state index < -0.39 is 0 Å². The monoisotopic (exact) mass is 227 g/mol. The van der Waals surface area contributed by atoms with Crippen molar-refractivity contribution in [2.24, 2.45) is 5.84 Å². The van der Waals surface area contributed by atoms with Crippen LogP contribution in [0.2, 0.25) is 0 Å². The van der Waals surface area contributed by atoms with Crippen molar-refractivity contribution >= 4 is 15.0 Å². The van der Waals surface area contributed by atoms with Crippen LogP contribution in [0.5, 0.6) is 0 Å². The molecule has 1 rings (SSSR count). The maximum absolute atomic E-state index is 11.3. The number of rotatable bonds is 1. The van der Waals surface area contributed by atoms with Gasteiger partial charge in [0.1, 0.15) is 0 Å². The molecule has 15 heavy (non-hydrogen) atoms. The Balaban J connectivity index is 0.000000921. The maximum atomic E-state index is 11.3. The number of nitrogens with two attached hydrogens (primary N) is 1. The summed E-state index contributed by atoms with van der Waals surface area (Å²) in [6.45, 7) is 5.82. The van der Waals surface area contributed by atoms with Gasteiger partial charge in [-0.25, -0.2) is 5.84 Å². The van der Waals surface area contributed by atoms with Gasteiger partial charge in [0.2, 0.25) is 0 Å². The van der Waals surface area contributed by atoms with Gasteiger partial charge in [-0.05, 0) is 31.9 Å². The molecule has 1 atom stereocenters. The lowest BCUT2D eigenvalue weighted by Crippen LogP contribution is -2.31. The Morgan fingerprint density at radius 3 is 1.93 bits per heavy atom. The average Bonchev–Trinajstić information content (AvgIpc) is 2.19. The van der Waals surface area contributed by atoms with Crippen molar-refractivity contribution in [1.82, 2.24) is 5.43 Å². The third kappa shape index (κ3) is 3.42. The molecule has 0 aromatic heterocycles. The molecule has 4 nitrogen and oxygen atoms in total. The minimum atomic E-state index is -0.227. The Morgan fingerprint density at radius 2 is 1.60 bits per heavy atom. The quantitative estimate of drug-likeness (QED) is 0.330. The Morgan fingerprint density at radius 1 is 1.20 bits per heavy atom. The number of hydrazine groups is 1. The van der Waals surface area contributed by atoms with Gasteiger partial charge < -0.3 is 0 Å². The van der Waals surface area contributed by atoms with E-state index in [0.717, 1.165) is 16.7 Å². The first kappa shape index (κ1) is 13.8. The molecule has 3 N–H and O–H groups in total. The van der Waals surface area contributed by atoms with Crippen LogP contribution < -0.4 is 11.3 Å². The number of amides is 1. The van der Waals surface area contributed by atoms with Crippen molar-refractivity contribution in [3.05, 3.63) is 34.4 Å². The molecule has 0 heterocycles. The van der Waals surface area contributed by atoms with Gasteiger partial charge in [0.15, 0.2) is 0 Å².